The second-order valence-corrected chi connectivity index (χ2v) is 5.53. The fourth-order valence-electron chi connectivity index (χ4n) is 2.25. The van der Waals surface area contributed by atoms with Crippen molar-refractivity contribution in [2.45, 2.75) is 32.7 Å². The van der Waals surface area contributed by atoms with Crippen LogP contribution in [0.25, 0.3) is 0 Å². The average molecular weight is 349 g/mol. The molecule has 1 aromatic carbocycles. The highest BCUT2D eigenvalue weighted by atomic mass is 19.1. The zero-order valence-electron chi connectivity index (χ0n) is 14.0. The van der Waals surface area contributed by atoms with E-state index in [1.165, 1.54) is 6.07 Å². The summed E-state index contributed by atoms with van der Waals surface area (Å²) < 4.78 is 32.8. The minimum atomic E-state index is -0.770. The van der Waals surface area contributed by atoms with Crippen LogP contribution in [-0.2, 0) is 6.54 Å². The summed E-state index contributed by atoms with van der Waals surface area (Å²) in [6.07, 6.45) is 2.93. The number of nitrogens with zero attached hydrogens (tertiary/aromatic N) is 1. The maximum atomic E-state index is 14.4. The Hall–Kier alpha value is -2.70. The van der Waals surface area contributed by atoms with Gasteiger partial charge in [0.1, 0.15) is 5.82 Å². The Balaban J connectivity index is 1.99. The minimum absolute atomic E-state index is 0.0359. The molecule has 25 heavy (non-hydrogen) atoms. The van der Waals surface area contributed by atoms with Crippen LogP contribution in [0.15, 0.2) is 30.3 Å². The Morgan fingerprint density at radius 1 is 1.24 bits per heavy atom. The van der Waals surface area contributed by atoms with E-state index in [9.17, 15) is 13.6 Å². The van der Waals surface area contributed by atoms with Gasteiger partial charge in [-0.2, -0.15) is 4.39 Å². The number of benzene rings is 1. The first-order chi connectivity index (χ1) is 12.0. The summed E-state index contributed by atoms with van der Waals surface area (Å²) in [5, 5.41) is 2.54. The van der Waals surface area contributed by atoms with Crippen LogP contribution < -0.4 is 15.8 Å². The van der Waals surface area contributed by atoms with Gasteiger partial charge in [0.15, 0.2) is 11.6 Å². The Morgan fingerprint density at radius 3 is 2.76 bits per heavy atom. The van der Waals surface area contributed by atoms with Crippen molar-refractivity contribution >= 4 is 11.7 Å². The Bertz CT molecular complexity index is 738. The summed E-state index contributed by atoms with van der Waals surface area (Å²) in [5.41, 5.74) is 5.84. The fourth-order valence-corrected chi connectivity index (χ4v) is 2.25. The third kappa shape index (κ3) is 5.14. The smallest absolute Gasteiger partial charge is 0.255 e. The number of carbonyl (C=O) groups is 1. The van der Waals surface area contributed by atoms with Gasteiger partial charge in [0, 0.05) is 12.1 Å². The molecule has 1 amide bonds. The van der Waals surface area contributed by atoms with Gasteiger partial charge in [-0.25, -0.2) is 9.37 Å². The number of unbranched alkanes of at least 4 members (excludes halogenated alkanes) is 2. The van der Waals surface area contributed by atoms with Crippen molar-refractivity contribution in [3.63, 3.8) is 0 Å². The van der Waals surface area contributed by atoms with E-state index in [-0.39, 0.29) is 29.2 Å². The lowest BCUT2D eigenvalue weighted by molar-refractivity contribution is 0.0951. The monoisotopic (exact) mass is 349 g/mol. The van der Waals surface area contributed by atoms with Gasteiger partial charge in [-0.1, -0.05) is 31.9 Å². The van der Waals surface area contributed by atoms with E-state index in [4.69, 9.17) is 10.5 Å². The molecule has 0 bridgehead atoms. The van der Waals surface area contributed by atoms with E-state index in [0.29, 0.717) is 6.61 Å². The Labute approximate surface area is 145 Å². The molecule has 0 saturated heterocycles. The number of nitrogen functional groups attached to an aromatic ring is 1. The molecule has 0 aliphatic carbocycles. The van der Waals surface area contributed by atoms with Crippen molar-refractivity contribution in [1.29, 1.82) is 0 Å². The van der Waals surface area contributed by atoms with E-state index in [0.717, 1.165) is 25.3 Å². The summed E-state index contributed by atoms with van der Waals surface area (Å²) in [7, 11) is 0. The van der Waals surface area contributed by atoms with E-state index < -0.39 is 17.7 Å². The van der Waals surface area contributed by atoms with Gasteiger partial charge in [-0.3, -0.25) is 4.79 Å². The first-order valence-electron chi connectivity index (χ1n) is 8.13. The largest absolute Gasteiger partial charge is 0.491 e. The molecule has 0 radical (unpaired) electrons. The lowest BCUT2D eigenvalue weighted by Gasteiger charge is -2.11. The van der Waals surface area contributed by atoms with E-state index in [2.05, 4.69) is 17.2 Å². The van der Waals surface area contributed by atoms with Gasteiger partial charge in [-0.05, 0) is 24.6 Å². The number of ether oxygens (including phenoxy) is 1. The number of hydrogen-bond acceptors (Lipinski definition) is 4. The van der Waals surface area contributed by atoms with Crippen molar-refractivity contribution < 1.29 is 18.3 Å². The van der Waals surface area contributed by atoms with Crippen molar-refractivity contribution in [2.24, 2.45) is 0 Å². The number of hydrogen-bond donors (Lipinski definition) is 2. The molecule has 0 aliphatic heterocycles. The number of pyridine rings is 1. The lowest BCUT2D eigenvalue weighted by Crippen LogP contribution is -2.25. The molecule has 0 unspecified atom stereocenters. The van der Waals surface area contributed by atoms with E-state index >= 15 is 0 Å². The predicted molar refractivity (Wildman–Crippen MR) is 91.2 cm³/mol. The first kappa shape index (κ1) is 18.6. The van der Waals surface area contributed by atoms with Crippen LogP contribution in [0.2, 0.25) is 0 Å². The average Bonchev–Trinajstić information content (AvgIpc) is 2.58. The molecular formula is C18H21F2N3O2. The number of carbonyl (C=O) groups excluding carboxylic acids is 1. The SMILES string of the molecule is CCCCCOc1cccc(CNC(=O)c2ccc(F)nc2N)c1F. The highest BCUT2D eigenvalue weighted by Crippen LogP contribution is 2.21. The molecule has 0 atom stereocenters. The number of rotatable bonds is 8. The molecule has 2 rings (SSSR count). The highest BCUT2D eigenvalue weighted by Gasteiger charge is 2.14. The topological polar surface area (TPSA) is 77.2 Å². The standard InChI is InChI=1S/C18H21F2N3O2/c1-2-3-4-10-25-14-7-5-6-12(16(14)20)11-22-18(24)13-8-9-15(19)23-17(13)21/h5-9H,2-4,10-11H2,1H3,(H2,21,23)(H,22,24). The number of anilines is 1. The number of aromatic nitrogens is 1. The van der Waals surface area contributed by atoms with Crippen LogP contribution in [0.3, 0.4) is 0 Å². The van der Waals surface area contributed by atoms with Crippen LogP contribution in [0.1, 0.15) is 42.1 Å². The van der Waals surface area contributed by atoms with Gasteiger partial charge >= 0.3 is 0 Å². The first-order valence-corrected chi connectivity index (χ1v) is 8.13. The van der Waals surface area contributed by atoms with Gasteiger partial charge in [0.25, 0.3) is 5.91 Å². The van der Waals surface area contributed by atoms with E-state index in [1.807, 2.05) is 0 Å². The minimum Gasteiger partial charge on any atom is -0.491 e. The fraction of sp³-hybridized carbons (Fsp3) is 0.333. The predicted octanol–water partition coefficient (Wildman–Crippen LogP) is 3.44. The van der Waals surface area contributed by atoms with Crippen LogP contribution in [-0.4, -0.2) is 17.5 Å². The molecule has 7 heteroatoms. The number of nitrogens with two attached hydrogens (primary N) is 1. The summed E-state index contributed by atoms with van der Waals surface area (Å²) in [6.45, 7) is 2.47. The van der Waals surface area contributed by atoms with Gasteiger partial charge in [0.05, 0.1) is 12.2 Å². The second-order valence-electron chi connectivity index (χ2n) is 5.53. The zero-order chi connectivity index (χ0) is 18.2. The van der Waals surface area contributed by atoms with Crippen molar-refractivity contribution in [2.75, 3.05) is 12.3 Å². The van der Waals surface area contributed by atoms with Crippen LogP contribution in [0.5, 0.6) is 5.75 Å². The third-order valence-electron chi connectivity index (χ3n) is 3.62. The van der Waals surface area contributed by atoms with E-state index in [1.54, 1.807) is 18.2 Å². The van der Waals surface area contributed by atoms with Gasteiger partial charge < -0.3 is 15.8 Å². The van der Waals surface area contributed by atoms with Crippen molar-refractivity contribution in [3.8, 4) is 5.75 Å². The summed E-state index contributed by atoms with van der Waals surface area (Å²) >= 11 is 0. The quantitative estimate of drug-likeness (QED) is 0.565. The Morgan fingerprint density at radius 2 is 2.04 bits per heavy atom. The Kier molecular flexibility index (Phi) is 6.68. The molecule has 134 valence electrons. The number of nitrogens with one attached hydrogen (secondary N) is 1. The van der Waals surface area contributed by atoms with Crippen LogP contribution in [0, 0.1) is 11.8 Å². The molecule has 1 aromatic heterocycles. The molecule has 0 fully saturated rings. The van der Waals surface area contributed by atoms with Crippen LogP contribution in [0.4, 0.5) is 14.6 Å². The third-order valence-corrected chi connectivity index (χ3v) is 3.62. The van der Waals surface area contributed by atoms with Gasteiger partial charge in [0.2, 0.25) is 5.95 Å². The highest BCUT2D eigenvalue weighted by molar-refractivity contribution is 5.98. The molecule has 5 nitrogen and oxygen atoms in total. The van der Waals surface area contributed by atoms with Crippen molar-refractivity contribution in [3.05, 3.63) is 53.2 Å². The summed E-state index contributed by atoms with van der Waals surface area (Å²) in [6, 6.07) is 7.04. The molecule has 3 N–H and O–H groups in total. The second kappa shape index (κ2) is 8.96. The molecule has 0 spiro atoms. The van der Waals surface area contributed by atoms with Gasteiger partial charge in [-0.15, -0.1) is 0 Å². The number of amides is 1. The summed E-state index contributed by atoms with van der Waals surface area (Å²) in [4.78, 5) is 15.5. The maximum Gasteiger partial charge on any atom is 0.255 e. The molecule has 2 aromatic rings. The molecule has 0 saturated carbocycles. The van der Waals surface area contributed by atoms with Crippen molar-refractivity contribution in [1.82, 2.24) is 10.3 Å². The maximum absolute atomic E-state index is 14.4. The normalized spacial score (nSPS) is 10.5. The summed E-state index contributed by atoms with van der Waals surface area (Å²) in [5.74, 6) is -1.90. The molecule has 0 aliphatic rings. The number of halogens is 2. The molecule has 1 heterocycles. The molecular weight excluding hydrogens is 328 g/mol. The van der Waals surface area contributed by atoms with Crippen LogP contribution >= 0.6 is 0 Å². The lowest BCUT2D eigenvalue weighted by atomic mass is 10.2. The zero-order valence-corrected chi connectivity index (χ0v) is 14.0.